The number of nitrogens with zero attached hydrogens (tertiary/aromatic N) is 1. The highest BCUT2D eigenvalue weighted by atomic mass is 16.4. The van der Waals surface area contributed by atoms with Crippen molar-refractivity contribution in [2.75, 3.05) is 0 Å². The molecule has 1 rings (SSSR count). The maximum Gasteiger partial charge on any atom is 0.307 e. The van der Waals surface area contributed by atoms with Crippen LogP contribution in [0.3, 0.4) is 0 Å². The van der Waals surface area contributed by atoms with Gasteiger partial charge in [-0.2, -0.15) is 0 Å². The molecule has 19 heavy (non-hydrogen) atoms. The Labute approximate surface area is 114 Å². The van der Waals surface area contributed by atoms with Crippen molar-refractivity contribution in [3.05, 3.63) is 59.5 Å². The minimum Gasteiger partial charge on any atom is -0.481 e. The second kappa shape index (κ2) is 6.69. The predicted octanol–water partition coefficient (Wildman–Crippen LogP) is 3.55. The van der Waals surface area contributed by atoms with Crippen LogP contribution in [0.5, 0.6) is 0 Å². The first kappa shape index (κ1) is 14.9. The molecule has 3 heteroatoms. The lowest BCUT2D eigenvalue weighted by atomic mass is 10.0. The van der Waals surface area contributed by atoms with Crippen molar-refractivity contribution < 1.29 is 9.90 Å². The van der Waals surface area contributed by atoms with Gasteiger partial charge >= 0.3 is 5.97 Å². The van der Waals surface area contributed by atoms with Gasteiger partial charge in [0.05, 0.1) is 12.1 Å². The highest BCUT2D eigenvalue weighted by Crippen LogP contribution is 2.20. The van der Waals surface area contributed by atoms with Crippen molar-refractivity contribution in [1.29, 1.82) is 0 Å². The molecule has 0 aromatic carbocycles. The summed E-state index contributed by atoms with van der Waals surface area (Å²) in [5.74, 6) is -0.847. The molecule has 0 radical (unpaired) electrons. The lowest BCUT2D eigenvalue weighted by Gasteiger charge is -2.08. The summed E-state index contributed by atoms with van der Waals surface area (Å²) in [7, 11) is 0. The third-order valence-corrected chi connectivity index (χ3v) is 2.51. The third kappa shape index (κ3) is 4.54. The molecule has 1 heterocycles. The molecule has 1 N–H and O–H groups in total. The van der Waals surface area contributed by atoms with Crippen molar-refractivity contribution in [2.45, 2.75) is 27.2 Å². The first-order valence-corrected chi connectivity index (χ1v) is 6.09. The van der Waals surface area contributed by atoms with E-state index in [0.29, 0.717) is 5.56 Å². The van der Waals surface area contributed by atoms with Crippen molar-refractivity contribution in [3.63, 3.8) is 0 Å². The van der Waals surface area contributed by atoms with Crippen molar-refractivity contribution in [2.24, 2.45) is 0 Å². The van der Waals surface area contributed by atoms with Gasteiger partial charge in [-0.25, -0.2) is 0 Å². The van der Waals surface area contributed by atoms with Crippen LogP contribution in [-0.4, -0.2) is 16.1 Å². The number of aromatic nitrogens is 1. The molecule has 0 amide bonds. The van der Waals surface area contributed by atoms with E-state index in [-0.39, 0.29) is 6.42 Å². The fourth-order valence-electron chi connectivity index (χ4n) is 1.84. The van der Waals surface area contributed by atoms with Crippen molar-refractivity contribution >= 4 is 11.5 Å². The molecule has 0 unspecified atom stereocenters. The van der Waals surface area contributed by atoms with E-state index in [9.17, 15) is 4.79 Å². The summed E-state index contributed by atoms with van der Waals surface area (Å²) in [4.78, 5) is 15.1. The summed E-state index contributed by atoms with van der Waals surface area (Å²) in [5.41, 5.74) is 4.68. The van der Waals surface area contributed by atoms with Crippen molar-refractivity contribution in [3.8, 4) is 0 Å². The quantitative estimate of drug-likeness (QED) is 0.821. The molecule has 0 saturated carbocycles. The second-order valence-electron chi connectivity index (χ2n) is 4.66. The predicted molar refractivity (Wildman–Crippen MR) is 77.9 cm³/mol. The van der Waals surface area contributed by atoms with Crippen LogP contribution < -0.4 is 0 Å². The molecule has 0 aliphatic heterocycles. The normalized spacial score (nSPS) is 11.0. The summed E-state index contributed by atoms with van der Waals surface area (Å²) in [5, 5.41) is 8.78. The van der Waals surface area contributed by atoms with E-state index >= 15 is 0 Å². The summed E-state index contributed by atoms with van der Waals surface area (Å²) in [6.45, 7) is 9.68. The van der Waals surface area contributed by atoms with Gasteiger partial charge in [-0.05, 0) is 31.9 Å². The third-order valence-electron chi connectivity index (χ3n) is 2.51. The summed E-state index contributed by atoms with van der Waals surface area (Å²) >= 11 is 0. The Morgan fingerprint density at radius 2 is 2.16 bits per heavy atom. The molecule has 0 fully saturated rings. The van der Waals surface area contributed by atoms with Gasteiger partial charge in [0.15, 0.2) is 0 Å². The molecule has 100 valence electrons. The zero-order valence-electron chi connectivity index (χ0n) is 11.6. The molecule has 0 aliphatic carbocycles. The Morgan fingerprint density at radius 3 is 2.63 bits per heavy atom. The molecular formula is C16H19NO2. The lowest BCUT2D eigenvalue weighted by Crippen LogP contribution is -2.02. The van der Waals surface area contributed by atoms with Crippen LogP contribution in [0.25, 0.3) is 5.57 Å². The SMILES string of the molecule is C=C/C=C(\C=C(C)C)c1ncc(CC(=O)O)cc1C. The topological polar surface area (TPSA) is 50.2 Å². The fraction of sp³-hybridized carbons (Fsp3) is 0.250. The zero-order chi connectivity index (χ0) is 14.4. The van der Waals surface area contributed by atoms with Gasteiger partial charge in [-0.1, -0.05) is 36.4 Å². The maximum absolute atomic E-state index is 10.7. The second-order valence-corrected chi connectivity index (χ2v) is 4.66. The van der Waals surface area contributed by atoms with Gasteiger partial charge in [0.1, 0.15) is 0 Å². The molecule has 1 aromatic heterocycles. The molecule has 0 bridgehead atoms. The zero-order valence-corrected chi connectivity index (χ0v) is 11.6. The van der Waals surface area contributed by atoms with E-state index < -0.39 is 5.97 Å². The number of carboxylic acids is 1. The Kier molecular flexibility index (Phi) is 5.24. The number of carboxylic acid groups (broad SMARTS) is 1. The van der Waals surface area contributed by atoms with Gasteiger partial charge in [-0.3, -0.25) is 9.78 Å². The number of hydrogen-bond donors (Lipinski definition) is 1. The summed E-state index contributed by atoms with van der Waals surface area (Å²) in [6.07, 6.45) is 7.28. The number of aliphatic carboxylic acids is 1. The number of allylic oxidation sites excluding steroid dienone is 5. The summed E-state index contributed by atoms with van der Waals surface area (Å²) < 4.78 is 0. The minimum atomic E-state index is -0.847. The Bertz CT molecular complexity index is 550. The fourth-order valence-corrected chi connectivity index (χ4v) is 1.84. The van der Waals surface area contributed by atoms with Gasteiger partial charge in [0.2, 0.25) is 0 Å². The molecule has 0 saturated heterocycles. The Morgan fingerprint density at radius 1 is 1.47 bits per heavy atom. The molecular weight excluding hydrogens is 238 g/mol. The monoisotopic (exact) mass is 257 g/mol. The number of aryl methyl sites for hydroxylation is 1. The van der Waals surface area contributed by atoms with Crippen LogP contribution in [0.2, 0.25) is 0 Å². The molecule has 0 aliphatic rings. The summed E-state index contributed by atoms with van der Waals surface area (Å²) in [6, 6.07) is 1.87. The maximum atomic E-state index is 10.7. The highest BCUT2D eigenvalue weighted by molar-refractivity contribution is 5.76. The highest BCUT2D eigenvalue weighted by Gasteiger charge is 2.07. The Balaban J connectivity index is 3.19. The van der Waals surface area contributed by atoms with Gasteiger partial charge in [0.25, 0.3) is 0 Å². The average molecular weight is 257 g/mol. The number of pyridine rings is 1. The van der Waals surface area contributed by atoms with E-state index in [2.05, 4.69) is 11.6 Å². The van der Waals surface area contributed by atoms with Crippen LogP contribution in [0.15, 0.2) is 42.6 Å². The Hall–Kier alpha value is -2.16. The van der Waals surface area contributed by atoms with Crippen molar-refractivity contribution in [1.82, 2.24) is 4.98 Å². The smallest absolute Gasteiger partial charge is 0.307 e. The van der Waals surface area contributed by atoms with Crippen LogP contribution >= 0.6 is 0 Å². The van der Waals surface area contributed by atoms with E-state index in [0.717, 1.165) is 16.8 Å². The van der Waals surface area contributed by atoms with Gasteiger partial charge in [0, 0.05) is 11.8 Å². The molecule has 1 aromatic rings. The minimum absolute atomic E-state index is 0.00271. The lowest BCUT2D eigenvalue weighted by molar-refractivity contribution is -0.136. The molecule has 0 spiro atoms. The first-order valence-electron chi connectivity index (χ1n) is 6.09. The van der Waals surface area contributed by atoms with Gasteiger partial charge < -0.3 is 5.11 Å². The van der Waals surface area contributed by atoms with Crippen LogP contribution in [-0.2, 0) is 11.2 Å². The number of hydrogen-bond acceptors (Lipinski definition) is 2. The molecule has 3 nitrogen and oxygen atoms in total. The van der Waals surface area contributed by atoms with E-state index in [1.807, 2.05) is 39.0 Å². The molecule has 0 atom stereocenters. The van der Waals surface area contributed by atoms with E-state index in [4.69, 9.17) is 5.11 Å². The number of rotatable bonds is 5. The first-order chi connectivity index (χ1) is 8.93. The van der Waals surface area contributed by atoms with Crippen LogP contribution in [0.1, 0.15) is 30.7 Å². The van der Waals surface area contributed by atoms with E-state index in [1.54, 1.807) is 12.3 Å². The standard InChI is InChI=1S/C16H19NO2/c1-5-6-14(7-11(2)3)16-12(4)8-13(10-17-16)9-15(18)19/h5-8,10H,1,9H2,2-4H3,(H,18,19)/b14-6+. The van der Waals surface area contributed by atoms with Gasteiger partial charge in [-0.15, -0.1) is 0 Å². The van der Waals surface area contributed by atoms with E-state index in [1.165, 1.54) is 5.57 Å². The number of carbonyl (C=O) groups is 1. The van der Waals surface area contributed by atoms with Crippen LogP contribution in [0.4, 0.5) is 0 Å². The average Bonchev–Trinajstić information content (AvgIpc) is 2.27. The largest absolute Gasteiger partial charge is 0.481 e. The van der Waals surface area contributed by atoms with Crippen LogP contribution in [0, 0.1) is 6.92 Å².